The molecule has 0 radical (unpaired) electrons. The first kappa shape index (κ1) is 28.6. The summed E-state index contributed by atoms with van der Waals surface area (Å²) in [5.41, 5.74) is 7.35. The molecule has 14 nitrogen and oxygen atoms in total. The van der Waals surface area contributed by atoms with E-state index in [0.29, 0.717) is 32.5 Å². The van der Waals surface area contributed by atoms with Gasteiger partial charge in [0.05, 0.1) is 18.7 Å². The first-order valence-corrected chi connectivity index (χ1v) is 12.7. The molecule has 14 heteroatoms. The second kappa shape index (κ2) is 12.5. The van der Waals surface area contributed by atoms with Crippen molar-refractivity contribution in [3.05, 3.63) is 24.3 Å². The molecule has 208 valence electrons. The second-order valence-electron chi connectivity index (χ2n) is 10.5. The van der Waals surface area contributed by atoms with E-state index in [1.165, 1.54) is 18.6 Å². The van der Waals surface area contributed by atoms with Crippen LogP contribution in [-0.2, 0) is 14.3 Å². The number of piperidine rings is 1. The van der Waals surface area contributed by atoms with Crippen molar-refractivity contribution >= 4 is 29.8 Å². The summed E-state index contributed by atoms with van der Waals surface area (Å²) in [4.78, 5) is 61.2. The van der Waals surface area contributed by atoms with Crippen molar-refractivity contribution in [1.82, 2.24) is 35.9 Å². The van der Waals surface area contributed by atoms with Crippen molar-refractivity contribution in [1.29, 1.82) is 5.41 Å². The lowest BCUT2D eigenvalue weighted by molar-refractivity contribution is -0.138. The number of likely N-dealkylation sites (tertiary alicyclic amines) is 1. The highest BCUT2D eigenvalue weighted by molar-refractivity contribution is 5.96. The molecule has 2 aliphatic rings. The number of hydrazine groups is 1. The number of guanidine groups is 1. The number of carbonyl (C=O) groups is 4. The van der Waals surface area contributed by atoms with E-state index in [-0.39, 0.29) is 30.0 Å². The molecule has 2 heterocycles. The van der Waals surface area contributed by atoms with Gasteiger partial charge in [-0.15, -0.1) is 0 Å². The largest absolute Gasteiger partial charge is 0.444 e. The third-order valence-electron chi connectivity index (χ3n) is 5.99. The van der Waals surface area contributed by atoms with Gasteiger partial charge >= 0.3 is 6.09 Å². The molecule has 0 unspecified atom stereocenters. The highest BCUT2D eigenvalue weighted by Gasteiger charge is 2.39. The number of alkyl carbamates (subject to hydrolysis) is 1. The Bertz CT molecular complexity index is 1030. The number of hydrogen-bond acceptors (Lipinski definition) is 8. The minimum absolute atomic E-state index is 0.00283. The van der Waals surface area contributed by atoms with Crippen LogP contribution >= 0.6 is 0 Å². The Balaban J connectivity index is 1.67. The fourth-order valence-corrected chi connectivity index (χ4v) is 4.03. The minimum Gasteiger partial charge on any atom is -0.444 e. The molecular weight excluding hydrogens is 494 g/mol. The molecule has 6 N–H and O–H groups in total. The quantitative estimate of drug-likeness (QED) is 0.176. The zero-order chi connectivity index (χ0) is 27.9. The van der Waals surface area contributed by atoms with Crippen LogP contribution in [-0.4, -0.2) is 87.0 Å². The first-order chi connectivity index (χ1) is 17.9. The van der Waals surface area contributed by atoms with Gasteiger partial charge in [-0.1, -0.05) is 0 Å². The van der Waals surface area contributed by atoms with Gasteiger partial charge in [0.2, 0.25) is 5.91 Å². The predicted molar refractivity (Wildman–Crippen MR) is 136 cm³/mol. The van der Waals surface area contributed by atoms with Crippen LogP contribution in [0.25, 0.3) is 0 Å². The van der Waals surface area contributed by atoms with E-state index >= 15 is 0 Å². The zero-order valence-electron chi connectivity index (χ0n) is 22.0. The lowest BCUT2D eigenvalue weighted by atomic mass is 9.98. The molecule has 1 aromatic heterocycles. The number of nitrogens with one attached hydrogen (secondary N) is 4. The number of hydrogen-bond donors (Lipinski definition) is 5. The van der Waals surface area contributed by atoms with Crippen LogP contribution in [0.4, 0.5) is 4.79 Å². The Morgan fingerprint density at radius 3 is 2.58 bits per heavy atom. The van der Waals surface area contributed by atoms with Crippen LogP contribution in [0, 0.1) is 11.3 Å². The molecule has 1 aliphatic carbocycles. The molecular formula is C24H37N9O5. The van der Waals surface area contributed by atoms with E-state index in [4.69, 9.17) is 15.9 Å². The number of aromatic nitrogens is 2. The fraction of sp³-hybridized carbons (Fsp3) is 0.625. The van der Waals surface area contributed by atoms with Crippen LogP contribution in [0.1, 0.15) is 63.4 Å². The maximum atomic E-state index is 13.5. The molecule has 38 heavy (non-hydrogen) atoms. The molecule has 1 aromatic rings. The van der Waals surface area contributed by atoms with Crippen molar-refractivity contribution in [2.45, 2.75) is 70.6 Å². The van der Waals surface area contributed by atoms with Gasteiger partial charge < -0.3 is 26.0 Å². The molecule has 3 rings (SSSR count). The summed E-state index contributed by atoms with van der Waals surface area (Å²) in [5, 5.41) is 14.1. The molecule has 1 aliphatic heterocycles. The highest BCUT2D eigenvalue weighted by atomic mass is 16.6. The second-order valence-corrected chi connectivity index (χ2v) is 10.5. The van der Waals surface area contributed by atoms with Gasteiger partial charge in [0.25, 0.3) is 11.8 Å². The molecule has 4 amide bonds. The summed E-state index contributed by atoms with van der Waals surface area (Å²) >= 11 is 0. The average Bonchev–Trinajstić information content (AvgIpc) is 3.70. The summed E-state index contributed by atoms with van der Waals surface area (Å²) in [7, 11) is 0. The smallest absolute Gasteiger partial charge is 0.408 e. The molecule has 1 saturated carbocycles. The van der Waals surface area contributed by atoms with E-state index in [1.54, 1.807) is 25.7 Å². The van der Waals surface area contributed by atoms with Crippen LogP contribution in [0.3, 0.4) is 0 Å². The highest BCUT2D eigenvalue weighted by Crippen LogP contribution is 2.26. The predicted octanol–water partition coefficient (Wildman–Crippen LogP) is 0.117. The van der Waals surface area contributed by atoms with Gasteiger partial charge in [-0.3, -0.25) is 30.2 Å². The van der Waals surface area contributed by atoms with Crippen molar-refractivity contribution in [3.63, 3.8) is 0 Å². The van der Waals surface area contributed by atoms with Gasteiger partial charge in [0.1, 0.15) is 17.3 Å². The van der Waals surface area contributed by atoms with Crippen molar-refractivity contribution in [2.24, 2.45) is 11.7 Å². The van der Waals surface area contributed by atoms with Crippen molar-refractivity contribution < 1.29 is 23.9 Å². The Morgan fingerprint density at radius 1 is 1.24 bits per heavy atom. The summed E-state index contributed by atoms with van der Waals surface area (Å²) in [6.07, 6.45) is 5.87. The number of nitrogens with two attached hydrogens (primary N) is 1. The van der Waals surface area contributed by atoms with Gasteiger partial charge in [-0.25, -0.2) is 14.8 Å². The van der Waals surface area contributed by atoms with Gasteiger partial charge in [-0.05, 0) is 52.4 Å². The lowest BCUT2D eigenvalue weighted by Crippen LogP contribution is -2.57. The molecule has 2 atom stereocenters. The van der Waals surface area contributed by atoms with Crippen molar-refractivity contribution in [3.8, 4) is 0 Å². The Kier molecular flexibility index (Phi) is 9.42. The van der Waals surface area contributed by atoms with E-state index in [1.807, 2.05) is 0 Å². The van der Waals surface area contributed by atoms with Gasteiger partial charge in [-0.2, -0.15) is 0 Å². The van der Waals surface area contributed by atoms with Crippen LogP contribution < -0.4 is 21.8 Å². The SMILES string of the molecule is CC(C)(C)OC(=O)N[C@@H](CC(=O)NC[C@@H]1CCCN(C(=N)N)C1)C(=O)N(NC(=O)c1cnccn1)C1CC1. The topological polar surface area (TPSA) is 196 Å². The number of nitrogens with zero attached hydrogens (tertiary/aromatic N) is 4. The number of carbonyl (C=O) groups excluding carboxylic acids is 4. The Labute approximate surface area is 221 Å². The molecule has 0 aromatic carbocycles. The van der Waals surface area contributed by atoms with E-state index in [2.05, 4.69) is 26.0 Å². The van der Waals surface area contributed by atoms with Crippen molar-refractivity contribution in [2.75, 3.05) is 19.6 Å². The Hall–Kier alpha value is -3.97. The number of ether oxygens (including phenoxy) is 1. The summed E-state index contributed by atoms with van der Waals surface area (Å²) in [5.74, 6) is -1.64. The lowest BCUT2D eigenvalue weighted by Gasteiger charge is -2.33. The summed E-state index contributed by atoms with van der Waals surface area (Å²) < 4.78 is 5.30. The standard InChI is InChI=1S/C24H37N9O5/c1-24(2,3)38-23(37)30-17(11-19(34)29-12-15-5-4-10-32(14-15)22(25)26)21(36)33(16-6-7-16)31-20(35)18-13-27-8-9-28-18/h8-9,13,15-17H,4-7,10-12,14H2,1-3H3,(H3,25,26)(H,29,34)(H,30,37)(H,31,35)/t15-,17-/m0/s1. The maximum Gasteiger partial charge on any atom is 0.408 e. The van der Waals surface area contributed by atoms with E-state index < -0.39 is 35.5 Å². The zero-order valence-corrected chi connectivity index (χ0v) is 22.0. The first-order valence-electron chi connectivity index (χ1n) is 12.7. The number of rotatable bonds is 8. The molecule has 0 bridgehead atoms. The van der Waals surface area contributed by atoms with Gasteiger partial charge in [0.15, 0.2) is 5.96 Å². The maximum absolute atomic E-state index is 13.5. The number of amides is 4. The summed E-state index contributed by atoms with van der Waals surface area (Å²) in [6.45, 7) is 6.64. The monoisotopic (exact) mass is 531 g/mol. The van der Waals surface area contributed by atoms with Crippen LogP contribution in [0.15, 0.2) is 18.6 Å². The normalized spacial score (nSPS) is 18.1. The molecule has 0 spiro atoms. The molecule has 1 saturated heterocycles. The third-order valence-corrected chi connectivity index (χ3v) is 5.99. The fourth-order valence-electron chi connectivity index (χ4n) is 4.03. The van der Waals surface area contributed by atoms with E-state index in [9.17, 15) is 19.2 Å². The molecule has 2 fully saturated rings. The Morgan fingerprint density at radius 2 is 1.97 bits per heavy atom. The summed E-state index contributed by atoms with van der Waals surface area (Å²) in [6, 6.07) is -1.55. The average molecular weight is 532 g/mol. The van der Waals surface area contributed by atoms with Crippen LogP contribution in [0.2, 0.25) is 0 Å². The van der Waals surface area contributed by atoms with Gasteiger partial charge in [0, 0.05) is 32.0 Å². The van der Waals surface area contributed by atoms with E-state index in [0.717, 1.165) is 17.9 Å². The third kappa shape index (κ3) is 8.85. The van der Waals surface area contributed by atoms with Crippen LogP contribution in [0.5, 0.6) is 0 Å². The minimum atomic E-state index is -1.28.